The Hall–Kier alpha value is -0.120. The first-order valence-corrected chi connectivity index (χ1v) is 8.46. The van der Waals surface area contributed by atoms with Gasteiger partial charge in [0.1, 0.15) is 0 Å². The van der Waals surface area contributed by atoms with Gasteiger partial charge in [0.05, 0.1) is 0 Å². The van der Waals surface area contributed by atoms with E-state index in [9.17, 15) is 0 Å². The van der Waals surface area contributed by atoms with Gasteiger partial charge in [-0.1, -0.05) is 0 Å². The van der Waals surface area contributed by atoms with Crippen LogP contribution in [0.3, 0.4) is 0 Å². The fourth-order valence-electron chi connectivity index (χ4n) is 4.28. The number of rotatable bonds is 2. The highest BCUT2D eigenvalue weighted by molar-refractivity contribution is 4.92. The minimum Gasteiger partial charge on any atom is -0.310 e. The molecule has 3 heterocycles. The van der Waals surface area contributed by atoms with Crippen molar-refractivity contribution in [3.8, 4) is 0 Å². The van der Waals surface area contributed by atoms with Crippen molar-refractivity contribution in [2.24, 2.45) is 0 Å². The van der Waals surface area contributed by atoms with Crippen LogP contribution in [0.1, 0.15) is 52.4 Å². The summed E-state index contributed by atoms with van der Waals surface area (Å²) in [6.45, 7) is 9.94. The monoisotopic (exact) mass is 265 g/mol. The topological polar surface area (TPSA) is 18.5 Å². The van der Waals surface area contributed by atoms with Crippen LogP contribution in [0.25, 0.3) is 0 Å². The molecule has 110 valence electrons. The molecule has 0 aromatic rings. The summed E-state index contributed by atoms with van der Waals surface area (Å²) in [6, 6.07) is 3.19. The molecule has 3 unspecified atom stereocenters. The molecule has 0 saturated carbocycles. The maximum atomic E-state index is 3.81. The van der Waals surface area contributed by atoms with Gasteiger partial charge in [0.25, 0.3) is 0 Å². The molecular weight excluding hydrogens is 234 g/mol. The second-order valence-corrected chi connectivity index (χ2v) is 7.14. The lowest BCUT2D eigenvalue weighted by Crippen LogP contribution is -2.42. The zero-order valence-electron chi connectivity index (χ0n) is 12.8. The van der Waals surface area contributed by atoms with Crippen molar-refractivity contribution in [3.63, 3.8) is 0 Å². The first-order chi connectivity index (χ1) is 9.22. The molecule has 0 radical (unpaired) electrons. The van der Waals surface area contributed by atoms with Crippen LogP contribution in [-0.2, 0) is 0 Å². The van der Waals surface area contributed by atoms with E-state index in [0.29, 0.717) is 0 Å². The fourth-order valence-corrected chi connectivity index (χ4v) is 4.28. The van der Waals surface area contributed by atoms with Gasteiger partial charge in [-0.2, -0.15) is 0 Å². The number of hydrogen-bond donors (Lipinski definition) is 1. The van der Waals surface area contributed by atoms with Crippen LogP contribution in [-0.4, -0.2) is 60.1 Å². The molecule has 2 bridgehead atoms. The highest BCUT2D eigenvalue weighted by atomic mass is 15.2. The van der Waals surface area contributed by atoms with Crippen LogP contribution in [0.2, 0.25) is 0 Å². The van der Waals surface area contributed by atoms with Gasteiger partial charge in [0, 0.05) is 30.7 Å². The summed E-state index contributed by atoms with van der Waals surface area (Å²) in [6.07, 6.45) is 8.40. The molecule has 3 aliphatic rings. The predicted molar refractivity (Wildman–Crippen MR) is 80.5 cm³/mol. The van der Waals surface area contributed by atoms with Crippen molar-refractivity contribution in [2.75, 3.05) is 26.2 Å². The number of likely N-dealkylation sites (tertiary alicyclic amines) is 2. The molecule has 0 amide bonds. The van der Waals surface area contributed by atoms with E-state index in [2.05, 4.69) is 29.0 Å². The van der Waals surface area contributed by atoms with Crippen molar-refractivity contribution in [3.05, 3.63) is 0 Å². The SMILES string of the molecule is CC(C)N1CCCC(N2CCC3CCC(C2)N3)CC1. The molecule has 3 rings (SSSR count). The quantitative estimate of drug-likeness (QED) is 0.825. The Morgan fingerprint density at radius 3 is 2.58 bits per heavy atom. The van der Waals surface area contributed by atoms with Crippen LogP contribution in [0, 0.1) is 0 Å². The van der Waals surface area contributed by atoms with E-state index in [-0.39, 0.29) is 0 Å². The van der Waals surface area contributed by atoms with Crippen molar-refractivity contribution in [2.45, 2.75) is 76.5 Å². The number of hydrogen-bond acceptors (Lipinski definition) is 3. The smallest absolute Gasteiger partial charge is 0.0198 e. The molecule has 3 heteroatoms. The molecule has 3 nitrogen and oxygen atoms in total. The van der Waals surface area contributed by atoms with Crippen LogP contribution in [0.15, 0.2) is 0 Å². The maximum absolute atomic E-state index is 3.81. The molecule has 3 atom stereocenters. The summed E-state index contributed by atoms with van der Waals surface area (Å²) in [7, 11) is 0. The molecule has 0 aromatic heterocycles. The van der Waals surface area contributed by atoms with Gasteiger partial charge in [-0.25, -0.2) is 0 Å². The Bertz CT molecular complexity index is 292. The van der Waals surface area contributed by atoms with E-state index in [1.165, 1.54) is 64.7 Å². The van der Waals surface area contributed by atoms with Gasteiger partial charge in [-0.15, -0.1) is 0 Å². The van der Waals surface area contributed by atoms with Crippen LogP contribution < -0.4 is 5.32 Å². The second kappa shape index (κ2) is 6.11. The minimum absolute atomic E-state index is 0.723. The van der Waals surface area contributed by atoms with E-state index in [1.54, 1.807) is 0 Å². The number of nitrogens with zero attached hydrogens (tertiary/aromatic N) is 2. The van der Waals surface area contributed by atoms with Crippen LogP contribution in [0.5, 0.6) is 0 Å². The Morgan fingerprint density at radius 2 is 1.74 bits per heavy atom. The van der Waals surface area contributed by atoms with E-state index in [1.807, 2.05) is 0 Å². The highest BCUT2D eigenvalue weighted by Crippen LogP contribution is 2.25. The average Bonchev–Trinajstić information content (AvgIpc) is 2.60. The lowest BCUT2D eigenvalue weighted by molar-refractivity contribution is 0.164. The second-order valence-electron chi connectivity index (χ2n) is 7.14. The molecule has 3 saturated heterocycles. The Morgan fingerprint density at radius 1 is 0.895 bits per heavy atom. The summed E-state index contributed by atoms with van der Waals surface area (Å²) in [5.41, 5.74) is 0. The minimum atomic E-state index is 0.723. The van der Waals surface area contributed by atoms with Crippen molar-refractivity contribution >= 4 is 0 Å². The van der Waals surface area contributed by atoms with E-state index in [4.69, 9.17) is 0 Å². The molecule has 3 aliphatic heterocycles. The molecule has 19 heavy (non-hydrogen) atoms. The lowest BCUT2D eigenvalue weighted by Gasteiger charge is -2.32. The van der Waals surface area contributed by atoms with Gasteiger partial charge in [-0.3, -0.25) is 4.90 Å². The van der Waals surface area contributed by atoms with Crippen molar-refractivity contribution in [1.29, 1.82) is 0 Å². The zero-order valence-corrected chi connectivity index (χ0v) is 12.8. The zero-order chi connectivity index (χ0) is 13.2. The summed E-state index contributed by atoms with van der Waals surface area (Å²) in [5.74, 6) is 0. The van der Waals surface area contributed by atoms with Crippen LogP contribution >= 0.6 is 0 Å². The van der Waals surface area contributed by atoms with Crippen LogP contribution in [0.4, 0.5) is 0 Å². The van der Waals surface area contributed by atoms with E-state index < -0.39 is 0 Å². The fraction of sp³-hybridized carbons (Fsp3) is 1.00. The number of fused-ring (bicyclic) bond motifs is 2. The highest BCUT2D eigenvalue weighted by Gasteiger charge is 2.32. The third-order valence-electron chi connectivity index (χ3n) is 5.53. The summed E-state index contributed by atoms with van der Waals surface area (Å²) < 4.78 is 0. The largest absolute Gasteiger partial charge is 0.310 e. The molecule has 0 aliphatic carbocycles. The summed E-state index contributed by atoms with van der Waals surface area (Å²) in [5, 5.41) is 3.81. The molecule has 0 spiro atoms. The van der Waals surface area contributed by atoms with E-state index >= 15 is 0 Å². The third-order valence-corrected chi connectivity index (χ3v) is 5.53. The van der Waals surface area contributed by atoms with Gasteiger partial charge in [-0.05, 0) is 72.0 Å². The number of nitrogens with one attached hydrogen (secondary N) is 1. The summed E-state index contributed by atoms with van der Waals surface area (Å²) >= 11 is 0. The first kappa shape index (κ1) is 13.8. The van der Waals surface area contributed by atoms with Gasteiger partial charge in [0.2, 0.25) is 0 Å². The van der Waals surface area contributed by atoms with Crippen molar-refractivity contribution in [1.82, 2.24) is 15.1 Å². The predicted octanol–water partition coefficient (Wildman–Crippen LogP) is 2.08. The van der Waals surface area contributed by atoms with Crippen molar-refractivity contribution < 1.29 is 0 Å². The standard InChI is InChI=1S/C16H31N3/c1-13(2)18-9-3-4-16(8-11-18)19-10-7-14-5-6-15(12-19)17-14/h13-17H,3-12H2,1-2H3. The third kappa shape index (κ3) is 3.32. The van der Waals surface area contributed by atoms with E-state index in [0.717, 1.165) is 24.2 Å². The molecular formula is C16H31N3. The molecule has 1 N–H and O–H groups in total. The Kier molecular flexibility index (Phi) is 4.45. The summed E-state index contributed by atoms with van der Waals surface area (Å²) in [4.78, 5) is 5.49. The maximum Gasteiger partial charge on any atom is 0.0198 e. The Balaban J connectivity index is 1.56. The van der Waals surface area contributed by atoms with Gasteiger partial charge in [0.15, 0.2) is 0 Å². The van der Waals surface area contributed by atoms with Gasteiger partial charge >= 0.3 is 0 Å². The average molecular weight is 265 g/mol. The lowest BCUT2D eigenvalue weighted by atomic mass is 10.0. The van der Waals surface area contributed by atoms with Gasteiger partial charge < -0.3 is 10.2 Å². The normalized spacial score (nSPS) is 38.4. The molecule has 0 aromatic carbocycles. The Labute approximate surface area is 118 Å². The first-order valence-electron chi connectivity index (χ1n) is 8.46. The molecule has 3 fully saturated rings.